The highest BCUT2D eigenvalue weighted by Crippen LogP contribution is 2.52. The molecule has 0 amide bonds. The van der Waals surface area contributed by atoms with Crippen molar-refractivity contribution < 1.29 is 10.2 Å². The second-order valence-corrected chi connectivity index (χ2v) is 9.73. The van der Waals surface area contributed by atoms with Crippen LogP contribution in [0.1, 0.15) is 44.5 Å². The maximum absolute atomic E-state index is 12.5. The average molecular weight is 435 g/mol. The average Bonchev–Trinajstić information content (AvgIpc) is 3.49. The van der Waals surface area contributed by atoms with Crippen molar-refractivity contribution in [3.63, 3.8) is 0 Å². The quantitative estimate of drug-likeness (QED) is 0.369. The third-order valence-corrected chi connectivity index (χ3v) is 8.32. The zero-order chi connectivity index (χ0) is 21.2. The number of aliphatic hydroxyl groups is 2. The van der Waals surface area contributed by atoms with Crippen LogP contribution in [0.3, 0.4) is 0 Å². The van der Waals surface area contributed by atoms with Crippen LogP contribution in [-0.2, 0) is 24.0 Å². The molecule has 0 aliphatic rings. The Labute approximate surface area is 186 Å². The molecule has 2 heterocycles. The minimum Gasteiger partial charge on any atom is -0.376 e. The summed E-state index contributed by atoms with van der Waals surface area (Å²) in [5, 5.41) is 25.1. The highest BCUT2D eigenvalue weighted by molar-refractivity contribution is 7.12. The number of benzene rings is 2. The Morgan fingerprint density at radius 3 is 1.23 bits per heavy atom. The summed E-state index contributed by atoms with van der Waals surface area (Å²) >= 11 is 3.12. The van der Waals surface area contributed by atoms with Gasteiger partial charge in [-0.15, -0.1) is 22.7 Å². The van der Waals surface area contributed by atoms with Crippen molar-refractivity contribution >= 4 is 22.7 Å². The molecule has 154 valence electrons. The molecular weight excluding hydrogens is 408 g/mol. The Hall–Kier alpha value is -2.24. The van der Waals surface area contributed by atoms with Crippen LogP contribution in [0.15, 0.2) is 84.9 Å². The van der Waals surface area contributed by atoms with Crippen molar-refractivity contribution in [1.29, 1.82) is 0 Å². The molecule has 0 saturated heterocycles. The highest BCUT2D eigenvalue weighted by Gasteiger charge is 2.55. The summed E-state index contributed by atoms with van der Waals surface area (Å²) in [5.74, 6) is 0. The number of hydrogen-bond donors (Lipinski definition) is 2. The van der Waals surface area contributed by atoms with Crippen molar-refractivity contribution in [2.24, 2.45) is 0 Å². The SMILES string of the molecule is CCc1ccc([C@](O)(c2ccccc2)[C@@](O)(c2ccccc2)c2ccc(CC)s2)s1. The second-order valence-electron chi connectivity index (χ2n) is 7.39. The standard InChI is InChI=1S/C26H26O2S2/c1-3-21-15-17-23(29-21)25(27,19-11-7-5-8-12-19)26(28,20-13-9-6-10-14-20)24-18-16-22(4-2)30-24/h5-18,27-28H,3-4H2,1-2H3/t25-,26-/m1/s1. The molecule has 2 aromatic heterocycles. The molecular formula is C26H26O2S2. The Kier molecular flexibility index (Phi) is 5.94. The summed E-state index contributed by atoms with van der Waals surface area (Å²) < 4.78 is 0. The van der Waals surface area contributed by atoms with Crippen LogP contribution < -0.4 is 0 Å². The van der Waals surface area contributed by atoms with Crippen molar-refractivity contribution in [2.45, 2.75) is 37.9 Å². The lowest BCUT2D eigenvalue weighted by Gasteiger charge is -2.43. The molecule has 4 rings (SSSR count). The molecule has 2 N–H and O–H groups in total. The summed E-state index contributed by atoms with van der Waals surface area (Å²) in [5.41, 5.74) is -1.92. The lowest BCUT2D eigenvalue weighted by molar-refractivity contribution is -0.108. The van der Waals surface area contributed by atoms with Crippen molar-refractivity contribution in [1.82, 2.24) is 0 Å². The topological polar surface area (TPSA) is 40.5 Å². The van der Waals surface area contributed by atoms with E-state index in [4.69, 9.17) is 0 Å². The van der Waals surface area contributed by atoms with Gasteiger partial charge in [-0.1, -0.05) is 74.5 Å². The molecule has 4 heteroatoms. The van der Waals surface area contributed by atoms with Crippen LogP contribution in [0.2, 0.25) is 0 Å². The van der Waals surface area contributed by atoms with Gasteiger partial charge < -0.3 is 10.2 Å². The summed E-state index contributed by atoms with van der Waals surface area (Å²) in [6.07, 6.45) is 1.77. The zero-order valence-corrected chi connectivity index (χ0v) is 18.8. The van der Waals surface area contributed by atoms with Gasteiger partial charge in [-0.25, -0.2) is 0 Å². The fraction of sp³-hybridized carbons (Fsp3) is 0.231. The van der Waals surface area contributed by atoms with Crippen LogP contribution in [0.4, 0.5) is 0 Å². The third-order valence-electron chi connectivity index (χ3n) is 5.64. The molecule has 0 spiro atoms. The normalized spacial score (nSPS) is 15.5. The molecule has 0 aliphatic carbocycles. The van der Waals surface area contributed by atoms with Gasteiger partial charge >= 0.3 is 0 Å². The van der Waals surface area contributed by atoms with E-state index in [1.54, 1.807) is 22.7 Å². The largest absolute Gasteiger partial charge is 0.376 e. The Morgan fingerprint density at radius 2 is 0.933 bits per heavy atom. The smallest absolute Gasteiger partial charge is 0.161 e. The first kappa shape index (κ1) is 21.0. The molecule has 2 atom stereocenters. The first-order valence-corrected chi connectivity index (χ1v) is 11.9. The lowest BCUT2D eigenvalue weighted by Crippen LogP contribution is -2.50. The maximum Gasteiger partial charge on any atom is 0.161 e. The third kappa shape index (κ3) is 3.34. The van der Waals surface area contributed by atoms with Crippen LogP contribution >= 0.6 is 22.7 Å². The summed E-state index contributed by atoms with van der Waals surface area (Å²) in [6.45, 7) is 4.21. The van der Waals surface area contributed by atoms with E-state index < -0.39 is 11.2 Å². The molecule has 0 bridgehead atoms. The monoisotopic (exact) mass is 434 g/mol. The molecule has 30 heavy (non-hydrogen) atoms. The van der Waals surface area contributed by atoms with Crippen molar-refractivity contribution in [3.05, 3.63) is 116 Å². The molecule has 2 aromatic carbocycles. The van der Waals surface area contributed by atoms with E-state index in [-0.39, 0.29) is 0 Å². The van der Waals surface area contributed by atoms with Crippen LogP contribution in [0.5, 0.6) is 0 Å². The van der Waals surface area contributed by atoms with Crippen LogP contribution in [0.25, 0.3) is 0 Å². The summed E-state index contributed by atoms with van der Waals surface area (Å²) in [7, 11) is 0. The Bertz CT molecular complexity index is 1010. The number of thiophene rings is 2. The van der Waals surface area contributed by atoms with Gasteiger partial charge in [0.25, 0.3) is 0 Å². The molecule has 0 aliphatic heterocycles. The summed E-state index contributed by atoms with van der Waals surface area (Å²) in [4.78, 5) is 3.83. The van der Waals surface area contributed by atoms with E-state index >= 15 is 0 Å². The molecule has 0 fully saturated rings. The number of hydrogen-bond acceptors (Lipinski definition) is 4. The Balaban J connectivity index is 2.05. The van der Waals surface area contributed by atoms with Gasteiger partial charge in [0.05, 0.1) is 0 Å². The van der Waals surface area contributed by atoms with Crippen LogP contribution in [0, 0.1) is 0 Å². The van der Waals surface area contributed by atoms with Gasteiger partial charge in [-0.05, 0) is 48.2 Å². The number of aryl methyl sites for hydroxylation is 2. The maximum atomic E-state index is 12.5. The van der Waals surface area contributed by atoms with E-state index in [1.165, 1.54) is 9.75 Å². The van der Waals surface area contributed by atoms with Crippen LogP contribution in [-0.4, -0.2) is 10.2 Å². The van der Waals surface area contributed by atoms with E-state index in [9.17, 15) is 10.2 Å². The van der Waals surface area contributed by atoms with E-state index in [2.05, 4.69) is 13.8 Å². The minimum absolute atomic E-state index is 0.673. The predicted molar refractivity (Wildman–Crippen MR) is 126 cm³/mol. The lowest BCUT2D eigenvalue weighted by atomic mass is 9.71. The van der Waals surface area contributed by atoms with Crippen molar-refractivity contribution in [2.75, 3.05) is 0 Å². The highest BCUT2D eigenvalue weighted by atomic mass is 32.1. The fourth-order valence-electron chi connectivity index (χ4n) is 3.94. The Morgan fingerprint density at radius 1 is 0.567 bits per heavy atom. The van der Waals surface area contributed by atoms with Gasteiger partial charge in [-0.2, -0.15) is 0 Å². The van der Waals surface area contributed by atoms with E-state index in [0.29, 0.717) is 11.1 Å². The minimum atomic E-state index is -1.64. The van der Waals surface area contributed by atoms with E-state index in [1.807, 2.05) is 84.9 Å². The molecule has 0 saturated carbocycles. The predicted octanol–water partition coefficient (Wildman–Crippen LogP) is 6.11. The number of rotatable bonds is 7. The van der Waals surface area contributed by atoms with Gasteiger partial charge in [-0.3, -0.25) is 0 Å². The molecule has 0 unspecified atom stereocenters. The van der Waals surface area contributed by atoms with Gasteiger partial charge in [0.2, 0.25) is 0 Å². The van der Waals surface area contributed by atoms with Gasteiger partial charge in [0, 0.05) is 19.5 Å². The fourth-order valence-corrected chi connectivity index (χ4v) is 6.17. The first-order valence-electron chi connectivity index (χ1n) is 10.3. The second kappa shape index (κ2) is 8.48. The first-order chi connectivity index (χ1) is 14.5. The zero-order valence-electron chi connectivity index (χ0n) is 17.2. The van der Waals surface area contributed by atoms with Gasteiger partial charge in [0.1, 0.15) is 0 Å². The van der Waals surface area contributed by atoms with Gasteiger partial charge in [0.15, 0.2) is 11.2 Å². The van der Waals surface area contributed by atoms with E-state index in [0.717, 1.165) is 22.6 Å². The molecule has 2 nitrogen and oxygen atoms in total. The molecule has 4 aromatic rings. The van der Waals surface area contributed by atoms with Crippen molar-refractivity contribution in [3.8, 4) is 0 Å². The molecule has 0 radical (unpaired) electrons. The summed E-state index contributed by atoms with van der Waals surface area (Å²) in [6, 6.07) is 27.1.